The van der Waals surface area contributed by atoms with Crippen molar-refractivity contribution in [2.45, 2.75) is 61.7 Å². The molecule has 0 aromatic heterocycles. The number of hydrogen-bond donors (Lipinski definition) is 4. The third-order valence-electron chi connectivity index (χ3n) is 4.32. The molecule has 136 valence electrons. The highest BCUT2D eigenvalue weighted by molar-refractivity contribution is 9.09. The molecular weight excluding hydrogens is 392 g/mol. The zero-order valence-electron chi connectivity index (χ0n) is 13.4. The van der Waals surface area contributed by atoms with Crippen molar-refractivity contribution in [2.24, 2.45) is 0 Å². The number of halogens is 1. The molecule has 1 aliphatic rings. The maximum Gasteiger partial charge on any atom is 0.201 e. The third kappa shape index (κ3) is 2.40. The molecule has 1 fully saturated rings. The first kappa shape index (κ1) is 21.0. The second-order valence-corrected chi connectivity index (χ2v) is 6.65. The van der Waals surface area contributed by atoms with Crippen LogP contribution in [0.1, 0.15) is 27.7 Å². The summed E-state index contributed by atoms with van der Waals surface area (Å²) in [6, 6.07) is 0. The molecule has 6 atom stereocenters. The minimum atomic E-state index is -3.39. The van der Waals surface area contributed by atoms with E-state index in [9.17, 15) is 39.6 Å². The van der Waals surface area contributed by atoms with Gasteiger partial charge in [-0.3, -0.25) is 19.2 Å². The van der Waals surface area contributed by atoms with E-state index in [2.05, 4.69) is 15.9 Å². The minimum absolute atomic E-state index is 0.733. The van der Waals surface area contributed by atoms with Gasteiger partial charge in [0.05, 0.1) is 0 Å². The van der Waals surface area contributed by atoms with E-state index < -0.39 is 57.2 Å². The van der Waals surface area contributed by atoms with Gasteiger partial charge in [-0.1, -0.05) is 15.9 Å². The van der Waals surface area contributed by atoms with Gasteiger partial charge in [-0.25, -0.2) is 0 Å². The Balaban J connectivity index is 3.86. The second kappa shape index (κ2) is 6.36. The zero-order valence-corrected chi connectivity index (χ0v) is 15.0. The summed E-state index contributed by atoms with van der Waals surface area (Å²) in [4.78, 5) is 48.3. The average Bonchev–Trinajstić information content (AvgIpc) is 2.46. The molecule has 0 bridgehead atoms. The Morgan fingerprint density at radius 1 is 0.958 bits per heavy atom. The normalized spacial score (nSPS) is 40.7. The highest BCUT2D eigenvalue weighted by Crippen LogP contribution is 2.48. The number of ether oxygens (including phenoxy) is 1. The van der Waals surface area contributed by atoms with Crippen molar-refractivity contribution in [1.82, 2.24) is 0 Å². The molecule has 0 aliphatic carbocycles. The summed E-state index contributed by atoms with van der Waals surface area (Å²) in [7, 11) is 0. The fourth-order valence-corrected chi connectivity index (χ4v) is 3.71. The lowest BCUT2D eigenvalue weighted by atomic mass is 9.61. The molecule has 4 N–H and O–H groups in total. The lowest BCUT2D eigenvalue weighted by Gasteiger charge is -2.56. The van der Waals surface area contributed by atoms with Gasteiger partial charge < -0.3 is 25.2 Å². The van der Waals surface area contributed by atoms with E-state index in [-0.39, 0.29) is 0 Å². The standard InChI is InChI=1S/C14H19BrO9/c1-5(16)9(20)10-12(21,6(2)17)14(23,8(4)19)13(22,7(3)18)11(15)24-10/h5,10-11,16,21-23H,1-4H3/t5?,10-,11+,12-,13+,14+/m1/s1. The minimum Gasteiger partial charge on any atom is -0.386 e. The third-order valence-corrected chi connectivity index (χ3v) is 5.20. The molecule has 0 saturated carbocycles. The van der Waals surface area contributed by atoms with Crippen LogP contribution in [0, 0.1) is 0 Å². The Morgan fingerprint density at radius 2 is 1.38 bits per heavy atom. The SMILES string of the molecule is CC(=O)[C@]1(O)[C@@](O)(C(C)=O)[C@@H](C(=O)C(C)O)O[C@H](Br)[C@@]1(O)C(C)=O. The van der Waals surface area contributed by atoms with Gasteiger partial charge in [-0.05, 0) is 27.7 Å². The maximum absolute atomic E-state index is 12.2. The topological polar surface area (TPSA) is 158 Å². The van der Waals surface area contributed by atoms with Crippen LogP contribution in [0.15, 0.2) is 0 Å². The predicted octanol–water partition coefficient (Wildman–Crippen LogP) is -1.98. The van der Waals surface area contributed by atoms with Crippen molar-refractivity contribution in [3.63, 3.8) is 0 Å². The molecule has 24 heavy (non-hydrogen) atoms. The number of ketones is 4. The van der Waals surface area contributed by atoms with Crippen LogP contribution < -0.4 is 0 Å². The van der Waals surface area contributed by atoms with Crippen LogP contribution in [-0.2, 0) is 23.9 Å². The lowest BCUT2D eigenvalue weighted by molar-refractivity contribution is -0.296. The maximum atomic E-state index is 12.2. The van der Waals surface area contributed by atoms with Gasteiger partial charge in [0.25, 0.3) is 0 Å². The van der Waals surface area contributed by atoms with Crippen LogP contribution in [0.3, 0.4) is 0 Å². The van der Waals surface area contributed by atoms with Gasteiger partial charge >= 0.3 is 0 Å². The molecule has 0 aromatic carbocycles. The Kier molecular flexibility index (Phi) is 5.56. The lowest BCUT2D eigenvalue weighted by Crippen LogP contribution is -2.86. The molecule has 1 heterocycles. The van der Waals surface area contributed by atoms with Crippen LogP contribution in [0.5, 0.6) is 0 Å². The van der Waals surface area contributed by atoms with Gasteiger partial charge in [-0.2, -0.15) is 0 Å². The number of carbonyl (C=O) groups is 4. The van der Waals surface area contributed by atoms with E-state index in [0.29, 0.717) is 0 Å². The number of rotatable bonds is 5. The van der Waals surface area contributed by atoms with E-state index in [0.717, 1.165) is 27.7 Å². The average molecular weight is 411 g/mol. The van der Waals surface area contributed by atoms with E-state index >= 15 is 0 Å². The Bertz CT molecular complexity index is 603. The highest BCUT2D eigenvalue weighted by Gasteiger charge is 2.78. The van der Waals surface area contributed by atoms with Crippen LogP contribution in [0.2, 0.25) is 0 Å². The summed E-state index contributed by atoms with van der Waals surface area (Å²) >= 11 is 2.75. The Labute approximate surface area is 145 Å². The molecule has 0 radical (unpaired) electrons. The fourth-order valence-electron chi connectivity index (χ4n) is 2.84. The predicted molar refractivity (Wildman–Crippen MR) is 81.2 cm³/mol. The number of alkyl halides is 1. The molecule has 0 amide bonds. The summed E-state index contributed by atoms with van der Waals surface area (Å²) in [5.74, 6) is -5.06. The van der Waals surface area contributed by atoms with Crippen molar-refractivity contribution in [3.05, 3.63) is 0 Å². The Morgan fingerprint density at radius 3 is 1.67 bits per heavy atom. The van der Waals surface area contributed by atoms with Gasteiger partial charge in [0.15, 0.2) is 45.5 Å². The van der Waals surface area contributed by atoms with E-state index in [1.54, 1.807) is 0 Å². The molecule has 10 heteroatoms. The largest absolute Gasteiger partial charge is 0.386 e. The first-order valence-corrected chi connectivity index (χ1v) is 7.83. The fraction of sp³-hybridized carbons (Fsp3) is 0.714. The summed E-state index contributed by atoms with van der Waals surface area (Å²) in [6.07, 6.45) is -3.92. The number of aliphatic hydroxyl groups is 4. The number of hydrogen-bond acceptors (Lipinski definition) is 9. The van der Waals surface area contributed by atoms with Crippen molar-refractivity contribution in [1.29, 1.82) is 0 Å². The molecule has 0 spiro atoms. The molecule has 1 unspecified atom stereocenters. The zero-order chi connectivity index (χ0) is 19.2. The summed E-state index contributed by atoms with van der Waals surface area (Å²) in [5.41, 5.74) is -9.74. The van der Waals surface area contributed by atoms with Crippen LogP contribution in [0.25, 0.3) is 0 Å². The van der Waals surface area contributed by atoms with E-state index in [1.807, 2.05) is 0 Å². The molecular formula is C14H19BrO9. The first-order valence-electron chi connectivity index (χ1n) is 6.92. The van der Waals surface area contributed by atoms with Gasteiger partial charge in [-0.15, -0.1) is 0 Å². The van der Waals surface area contributed by atoms with Crippen molar-refractivity contribution < 1.29 is 44.3 Å². The van der Waals surface area contributed by atoms with Crippen molar-refractivity contribution in [3.8, 4) is 0 Å². The smallest absolute Gasteiger partial charge is 0.201 e. The van der Waals surface area contributed by atoms with Crippen LogP contribution >= 0.6 is 15.9 Å². The van der Waals surface area contributed by atoms with Gasteiger partial charge in [0.2, 0.25) is 5.60 Å². The quantitative estimate of drug-likeness (QED) is 0.376. The molecule has 1 rings (SSSR count). The number of Topliss-reactive ketones (excluding diaryl/α,β-unsaturated/α-hetero) is 4. The number of carbonyl (C=O) groups excluding carboxylic acids is 4. The van der Waals surface area contributed by atoms with E-state index in [4.69, 9.17) is 4.74 Å². The molecule has 1 aliphatic heterocycles. The summed E-state index contributed by atoms with van der Waals surface area (Å²) in [6.45, 7) is 3.31. The van der Waals surface area contributed by atoms with Crippen LogP contribution in [0.4, 0.5) is 0 Å². The second-order valence-electron chi connectivity index (χ2n) is 5.82. The van der Waals surface area contributed by atoms with Gasteiger partial charge in [0.1, 0.15) is 6.10 Å². The monoisotopic (exact) mass is 410 g/mol. The van der Waals surface area contributed by atoms with E-state index in [1.165, 1.54) is 0 Å². The van der Waals surface area contributed by atoms with Gasteiger partial charge in [0, 0.05) is 0 Å². The van der Waals surface area contributed by atoms with Crippen molar-refractivity contribution in [2.75, 3.05) is 0 Å². The number of aliphatic hydroxyl groups excluding tert-OH is 1. The molecule has 0 aromatic rings. The van der Waals surface area contributed by atoms with Crippen molar-refractivity contribution >= 4 is 39.1 Å². The Hall–Kier alpha value is -1.04. The van der Waals surface area contributed by atoms with Crippen LogP contribution in [-0.4, -0.2) is 77.6 Å². The summed E-state index contributed by atoms with van der Waals surface area (Å²) in [5, 5.41) is 40.0. The highest BCUT2D eigenvalue weighted by atomic mass is 79.9. The summed E-state index contributed by atoms with van der Waals surface area (Å²) < 4.78 is 5.06. The first-order chi connectivity index (χ1) is 10.7. The molecule has 9 nitrogen and oxygen atoms in total. The molecule has 1 saturated heterocycles.